The summed E-state index contributed by atoms with van der Waals surface area (Å²) in [5.41, 5.74) is 1.65. The van der Waals surface area contributed by atoms with E-state index in [0.717, 1.165) is 10.4 Å². The summed E-state index contributed by atoms with van der Waals surface area (Å²) in [4.78, 5) is 17.2. The van der Waals surface area contributed by atoms with E-state index in [1.165, 1.54) is 11.3 Å². The molecule has 0 bridgehead atoms. The van der Waals surface area contributed by atoms with Gasteiger partial charge in [0.15, 0.2) is 0 Å². The van der Waals surface area contributed by atoms with Crippen molar-refractivity contribution < 1.29 is 9.32 Å². The molecular weight excluding hydrogens is 334 g/mol. The van der Waals surface area contributed by atoms with Crippen LogP contribution in [-0.4, -0.2) is 16.0 Å². The highest BCUT2D eigenvalue weighted by Gasteiger charge is 2.12. The van der Waals surface area contributed by atoms with Crippen LogP contribution < -0.4 is 5.32 Å². The number of hydrogen-bond donors (Lipinski definition) is 1. The second-order valence-corrected chi connectivity index (χ2v) is 6.38. The molecule has 0 fully saturated rings. The van der Waals surface area contributed by atoms with Crippen molar-refractivity contribution in [2.75, 3.05) is 5.32 Å². The summed E-state index contributed by atoms with van der Waals surface area (Å²) >= 11 is 7.64. The molecule has 3 aromatic rings. The van der Waals surface area contributed by atoms with Gasteiger partial charge in [0, 0.05) is 12.8 Å². The van der Waals surface area contributed by atoms with Gasteiger partial charge in [0.2, 0.25) is 17.6 Å². The van der Waals surface area contributed by atoms with Gasteiger partial charge < -0.3 is 9.84 Å². The molecule has 0 saturated carbocycles. The van der Waals surface area contributed by atoms with Gasteiger partial charge in [0.25, 0.3) is 0 Å². The molecule has 0 atom stereocenters. The molecule has 0 saturated heterocycles. The number of thiophene rings is 1. The van der Waals surface area contributed by atoms with Gasteiger partial charge in [0.05, 0.1) is 15.6 Å². The fourth-order valence-electron chi connectivity index (χ4n) is 2.02. The van der Waals surface area contributed by atoms with Gasteiger partial charge in [-0.3, -0.25) is 4.79 Å². The van der Waals surface area contributed by atoms with Gasteiger partial charge in [-0.15, -0.1) is 11.3 Å². The molecule has 0 spiro atoms. The first-order valence-electron chi connectivity index (χ1n) is 7.04. The van der Waals surface area contributed by atoms with E-state index in [2.05, 4.69) is 15.5 Å². The molecule has 1 amide bonds. The predicted molar refractivity (Wildman–Crippen MR) is 90.8 cm³/mol. The molecule has 118 valence electrons. The van der Waals surface area contributed by atoms with Crippen LogP contribution in [0, 0.1) is 6.92 Å². The van der Waals surface area contributed by atoms with Gasteiger partial charge in [-0.05, 0) is 36.1 Å². The number of carbonyl (C=O) groups is 1. The summed E-state index contributed by atoms with van der Waals surface area (Å²) in [6.45, 7) is 1.94. The molecule has 0 unspecified atom stereocenters. The van der Waals surface area contributed by atoms with E-state index in [9.17, 15) is 4.79 Å². The normalized spacial score (nSPS) is 10.7. The van der Waals surface area contributed by atoms with E-state index in [0.29, 0.717) is 28.8 Å². The first-order chi connectivity index (χ1) is 11.1. The fourth-order valence-corrected chi connectivity index (χ4v) is 2.95. The highest BCUT2D eigenvalue weighted by Crippen LogP contribution is 2.23. The number of anilines is 1. The van der Waals surface area contributed by atoms with Crippen LogP contribution in [0.25, 0.3) is 10.7 Å². The van der Waals surface area contributed by atoms with Crippen molar-refractivity contribution in [3.05, 3.63) is 52.2 Å². The zero-order valence-electron chi connectivity index (χ0n) is 12.4. The summed E-state index contributed by atoms with van der Waals surface area (Å²) in [5.74, 6) is 0.849. The third-order valence-corrected chi connectivity index (χ3v) is 4.35. The van der Waals surface area contributed by atoms with Gasteiger partial charge in [0.1, 0.15) is 0 Å². The predicted octanol–water partition coefficient (Wildman–Crippen LogP) is 4.33. The van der Waals surface area contributed by atoms with Gasteiger partial charge in [-0.2, -0.15) is 4.98 Å². The Kier molecular flexibility index (Phi) is 4.73. The van der Waals surface area contributed by atoms with E-state index in [-0.39, 0.29) is 12.3 Å². The molecule has 0 aliphatic rings. The molecule has 0 aliphatic heterocycles. The minimum absolute atomic E-state index is 0.147. The molecule has 1 aromatic carbocycles. The minimum atomic E-state index is -0.147. The SMILES string of the molecule is Cc1ccc(NC(=O)CCc2nc(-c3cccs3)no2)c(Cl)c1. The molecule has 5 nitrogen and oxygen atoms in total. The Hall–Kier alpha value is -2.18. The van der Waals surface area contributed by atoms with Crippen LogP contribution in [0.4, 0.5) is 5.69 Å². The lowest BCUT2D eigenvalue weighted by Crippen LogP contribution is -2.12. The number of aryl methyl sites for hydroxylation is 2. The van der Waals surface area contributed by atoms with Crippen molar-refractivity contribution >= 4 is 34.5 Å². The topological polar surface area (TPSA) is 68.0 Å². The average molecular weight is 348 g/mol. The van der Waals surface area contributed by atoms with Crippen LogP contribution in [0.2, 0.25) is 5.02 Å². The molecule has 0 radical (unpaired) electrons. The minimum Gasteiger partial charge on any atom is -0.339 e. The number of nitrogens with zero attached hydrogens (tertiary/aromatic N) is 2. The Morgan fingerprint density at radius 2 is 2.26 bits per heavy atom. The van der Waals surface area contributed by atoms with Crippen LogP contribution in [-0.2, 0) is 11.2 Å². The maximum atomic E-state index is 12.0. The number of benzene rings is 1. The van der Waals surface area contributed by atoms with Crippen molar-refractivity contribution in [2.24, 2.45) is 0 Å². The second-order valence-electron chi connectivity index (χ2n) is 5.02. The molecule has 23 heavy (non-hydrogen) atoms. The van der Waals surface area contributed by atoms with Crippen molar-refractivity contribution in [3.8, 4) is 10.7 Å². The van der Waals surface area contributed by atoms with E-state index in [1.54, 1.807) is 6.07 Å². The van der Waals surface area contributed by atoms with Gasteiger partial charge in [-0.1, -0.05) is 28.9 Å². The van der Waals surface area contributed by atoms with Crippen LogP contribution in [0.15, 0.2) is 40.2 Å². The summed E-state index contributed by atoms with van der Waals surface area (Å²) < 4.78 is 5.17. The Balaban J connectivity index is 1.57. The molecule has 2 heterocycles. The maximum Gasteiger partial charge on any atom is 0.227 e. The lowest BCUT2D eigenvalue weighted by Gasteiger charge is -2.07. The Bertz CT molecular complexity index is 815. The molecule has 3 rings (SSSR count). The van der Waals surface area contributed by atoms with Crippen LogP contribution in [0.1, 0.15) is 17.9 Å². The van der Waals surface area contributed by atoms with E-state index in [4.69, 9.17) is 16.1 Å². The van der Waals surface area contributed by atoms with Gasteiger partial charge in [-0.25, -0.2) is 0 Å². The van der Waals surface area contributed by atoms with Crippen molar-refractivity contribution in [3.63, 3.8) is 0 Å². The van der Waals surface area contributed by atoms with E-state index < -0.39 is 0 Å². The Labute approximate surface area is 142 Å². The van der Waals surface area contributed by atoms with Crippen LogP contribution >= 0.6 is 22.9 Å². The highest BCUT2D eigenvalue weighted by molar-refractivity contribution is 7.13. The number of halogens is 1. The van der Waals surface area contributed by atoms with Crippen LogP contribution in [0.3, 0.4) is 0 Å². The van der Waals surface area contributed by atoms with E-state index in [1.807, 2.05) is 36.6 Å². The number of amides is 1. The molecule has 0 aliphatic carbocycles. The largest absolute Gasteiger partial charge is 0.339 e. The Morgan fingerprint density at radius 3 is 3.00 bits per heavy atom. The molecule has 2 aromatic heterocycles. The Morgan fingerprint density at radius 1 is 1.39 bits per heavy atom. The summed E-state index contributed by atoms with van der Waals surface area (Å²) in [6, 6.07) is 9.34. The average Bonchev–Trinajstić information content (AvgIpc) is 3.18. The number of rotatable bonds is 5. The van der Waals surface area contributed by atoms with Crippen molar-refractivity contribution in [1.82, 2.24) is 10.1 Å². The lowest BCUT2D eigenvalue weighted by molar-refractivity contribution is -0.116. The van der Waals surface area contributed by atoms with Gasteiger partial charge >= 0.3 is 0 Å². The van der Waals surface area contributed by atoms with Crippen LogP contribution in [0.5, 0.6) is 0 Å². The zero-order valence-corrected chi connectivity index (χ0v) is 13.9. The lowest BCUT2D eigenvalue weighted by atomic mass is 10.2. The third-order valence-electron chi connectivity index (χ3n) is 3.17. The number of aromatic nitrogens is 2. The zero-order chi connectivity index (χ0) is 16.2. The number of hydrogen-bond acceptors (Lipinski definition) is 5. The number of nitrogens with one attached hydrogen (secondary N) is 1. The first-order valence-corrected chi connectivity index (χ1v) is 8.30. The smallest absolute Gasteiger partial charge is 0.227 e. The molecule has 1 N–H and O–H groups in total. The summed E-state index contributed by atoms with van der Waals surface area (Å²) in [5, 5.41) is 9.17. The second kappa shape index (κ2) is 6.93. The molecule has 7 heteroatoms. The standard InChI is InChI=1S/C16H14ClN3O2S/c1-10-4-5-12(11(17)9-10)18-14(21)6-7-15-19-16(20-22-15)13-3-2-8-23-13/h2-5,8-9H,6-7H2,1H3,(H,18,21). The first kappa shape index (κ1) is 15.7. The maximum absolute atomic E-state index is 12.0. The summed E-state index contributed by atoms with van der Waals surface area (Å²) in [6.07, 6.45) is 0.629. The molecular formula is C16H14ClN3O2S. The van der Waals surface area contributed by atoms with E-state index >= 15 is 0 Å². The monoisotopic (exact) mass is 347 g/mol. The quantitative estimate of drug-likeness (QED) is 0.745. The van der Waals surface area contributed by atoms with Crippen molar-refractivity contribution in [2.45, 2.75) is 19.8 Å². The fraction of sp³-hybridized carbons (Fsp3) is 0.188. The van der Waals surface area contributed by atoms with Crippen molar-refractivity contribution in [1.29, 1.82) is 0 Å². The number of carbonyl (C=O) groups excluding carboxylic acids is 1. The summed E-state index contributed by atoms with van der Waals surface area (Å²) in [7, 11) is 0. The third kappa shape index (κ3) is 3.97. The highest BCUT2D eigenvalue weighted by atomic mass is 35.5.